The van der Waals surface area contributed by atoms with E-state index in [1.165, 1.54) is 0 Å². The predicted molar refractivity (Wildman–Crippen MR) is 55.6 cm³/mol. The average molecular weight is 205 g/mol. The highest BCUT2D eigenvalue weighted by atomic mass is 32.1. The van der Waals surface area contributed by atoms with Gasteiger partial charge in [-0.25, -0.2) is 0 Å². The first-order chi connectivity index (χ1) is 6.61. The SMILES string of the molecule is CC(=S)c1cccc2c1C(=O)NC2=O. The van der Waals surface area contributed by atoms with Gasteiger partial charge in [-0.2, -0.15) is 0 Å². The molecule has 1 aliphatic rings. The van der Waals surface area contributed by atoms with Crippen LogP contribution in [0.5, 0.6) is 0 Å². The zero-order valence-corrected chi connectivity index (χ0v) is 8.27. The van der Waals surface area contributed by atoms with E-state index in [4.69, 9.17) is 12.2 Å². The molecule has 0 saturated carbocycles. The van der Waals surface area contributed by atoms with Crippen LogP contribution in [0.2, 0.25) is 0 Å². The second kappa shape index (κ2) is 2.99. The third kappa shape index (κ3) is 1.15. The minimum Gasteiger partial charge on any atom is -0.288 e. The van der Waals surface area contributed by atoms with E-state index < -0.39 is 0 Å². The molecule has 2 rings (SSSR count). The van der Waals surface area contributed by atoms with Gasteiger partial charge in [0.2, 0.25) is 0 Å². The Bertz CT molecular complexity index is 465. The van der Waals surface area contributed by atoms with E-state index in [9.17, 15) is 9.59 Å². The molecule has 4 heteroatoms. The lowest BCUT2D eigenvalue weighted by molar-refractivity contribution is 0.0879. The number of amides is 2. The maximum Gasteiger partial charge on any atom is 0.259 e. The summed E-state index contributed by atoms with van der Waals surface area (Å²) in [4.78, 5) is 23.3. The smallest absolute Gasteiger partial charge is 0.259 e. The third-order valence-electron chi connectivity index (χ3n) is 2.14. The number of nitrogens with one attached hydrogen (secondary N) is 1. The Morgan fingerprint density at radius 2 is 2.00 bits per heavy atom. The van der Waals surface area contributed by atoms with Crippen LogP contribution in [0.3, 0.4) is 0 Å². The maximum atomic E-state index is 11.4. The normalized spacial score (nSPS) is 13.8. The van der Waals surface area contributed by atoms with Crippen molar-refractivity contribution >= 4 is 28.9 Å². The van der Waals surface area contributed by atoms with Gasteiger partial charge in [0.1, 0.15) is 0 Å². The third-order valence-corrected chi connectivity index (χ3v) is 2.36. The molecule has 0 aromatic heterocycles. The number of fused-ring (bicyclic) bond motifs is 1. The number of carbonyl (C=O) groups is 2. The number of benzene rings is 1. The van der Waals surface area contributed by atoms with E-state index in [0.29, 0.717) is 21.6 Å². The highest BCUT2D eigenvalue weighted by Crippen LogP contribution is 2.20. The monoisotopic (exact) mass is 205 g/mol. The fourth-order valence-electron chi connectivity index (χ4n) is 1.51. The van der Waals surface area contributed by atoms with Gasteiger partial charge in [0.15, 0.2) is 0 Å². The van der Waals surface area contributed by atoms with E-state index in [2.05, 4.69) is 5.32 Å². The maximum absolute atomic E-state index is 11.4. The molecule has 0 aliphatic carbocycles. The van der Waals surface area contributed by atoms with Crippen LogP contribution in [0.1, 0.15) is 33.2 Å². The molecule has 3 nitrogen and oxygen atoms in total. The molecule has 0 radical (unpaired) electrons. The fourth-order valence-corrected chi connectivity index (χ4v) is 1.68. The van der Waals surface area contributed by atoms with Crippen LogP contribution in [-0.2, 0) is 0 Å². The summed E-state index contributed by atoms with van der Waals surface area (Å²) in [5.41, 5.74) is 1.49. The zero-order valence-electron chi connectivity index (χ0n) is 7.46. The van der Waals surface area contributed by atoms with Gasteiger partial charge < -0.3 is 0 Å². The first-order valence-electron chi connectivity index (χ1n) is 4.11. The molecule has 1 aromatic carbocycles. The van der Waals surface area contributed by atoms with E-state index >= 15 is 0 Å². The number of imide groups is 1. The topological polar surface area (TPSA) is 46.2 Å². The van der Waals surface area contributed by atoms with Gasteiger partial charge in [0.25, 0.3) is 11.8 Å². The van der Waals surface area contributed by atoms with Gasteiger partial charge >= 0.3 is 0 Å². The molecule has 0 bridgehead atoms. The molecule has 0 fully saturated rings. The van der Waals surface area contributed by atoms with Gasteiger partial charge in [-0.05, 0) is 13.0 Å². The highest BCUT2D eigenvalue weighted by molar-refractivity contribution is 7.80. The predicted octanol–water partition coefficient (Wildman–Crippen LogP) is 1.31. The molecule has 1 aromatic rings. The Hall–Kier alpha value is -1.55. The summed E-state index contributed by atoms with van der Waals surface area (Å²) < 4.78 is 0. The highest BCUT2D eigenvalue weighted by Gasteiger charge is 2.29. The number of rotatable bonds is 1. The molecular weight excluding hydrogens is 198 g/mol. The van der Waals surface area contributed by atoms with Crippen molar-refractivity contribution in [1.29, 1.82) is 0 Å². The van der Waals surface area contributed by atoms with Gasteiger partial charge in [-0.15, -0.1) is 0 Å². The molecule has 0 saturated heterocycles. The molecule has 2 amide bonds. The number of hydrogen-bond acceptors (Lipinski definition) is 3. The lowest BCUT2D eigenvalue weighted by atomic mass is 10.0. The van der Waals surface area contributed by atoms with Crippen molar-refractivity contribution in [2.24, 2.45) is 0 Å². The molecule has 0 spiro atoms. The standard InChI is InChI=1S/C10H7NO2S/c1-5(14)6-3-2-4-7-8(6)10(13)11-9(7)12/h2-4H,1H3,(H,11,12,13). The van der Waals surface area contributed by atoms with Crippen molar-refractivity contribution < 1.29 is 9.59 Å². The van der Waals surface area contributed by atoms with Crippen molar-refractivity contribution in [3.8, 4) is 0 Å². The average Bonchev–Trinajstić information content (AvgIpc) is 2.43. The summed E-state index contributed by atoms with van der Waals surface area (Å²) in [5, 5.41) is 2.24. The summed E-state index contributed by atoms with van der Waals surface area (Å²) in [6, 6.07) is 5.10. The van der Waals surface area contributed by atoms with Gasteiger partial charge in [0, 0.05) is 10.4 Å². The largest absolute Gasteiger partial charge is 0.288 e. The number of carbonyl (C=O) groups excluding carboxylic acids is 2. The lowest BCUT2D eigenvalue weighted by Gasteiger charge is -2.02. The minimum absolute atomic E-state index is 0.344. The van der Waals surface area contributed by atoms with Crippen molar-refractivity contribution in [2.45, 2.75) is 6.92 Å². The van der Waals surface area contributed by atoms with E-state index in [0.717, 1.165) is 0 Å². The molecule has 0 atom stereocenters. The van der Waals surface area contributed by atoms with Crippen LogP contribution in [0.15, 0.2) is 18.2 Å². The number of thiocarbonyl (C=S) groups is 1. The Balaban J connectivity index is 2.74. The molecular formula is C10H7NO2S. The Kier molecular flexibility index (Phi) is 1.93. The van der Waals surface area contributed by atoms with Crippen LogP contribution < -0.4 is 5.32 Å². The molecule has 1 aliphatic heterocycles. The molecule has 70 valence electrons. The summed E-state index contributed by atoms with van der Waals surface area (Å²) in [7, 11) is 0. The van der Waals surface area contributed by atoms with Crippen molar-refractivity contribution in [3.63, 3.8) is 0 Å². The lowest BCUT2D eigenvalue weighted by Crippen LogP contribution is -2.20. The second-order valence-corrected chi connectivity index (χ2v) is 3.68. The van der Waals surface area contributed by atoms with Gasteiger partial charge in [0.05, 0.1) is 11.1 Å². The van der Waals surface area contributed by atoms with Crippen LogP contribution in [0.4, 0.5) is 0 Å². The van der Waals surface area contributed by atoms with Crippen LogP contribution in [0.25, 0.3) is 0 Å². The van der Waals surface area contributed by atoms with Crippen molar-refractivity contribution in [1.82, 2.24) is 5.32 Å². The first kappa shape index (κ1) is 9.02. The molecule has 0 unspecified atom stereocenters. The molecule has 14 heavy (non-hydrogen) atoms. The van der Waals surface area contributed by atoms with Crippen LogP contribution in [-0.4, -0.2) is 16.7 Å². The van der Waals surface area contributed by atoms with Gasteiger partial charge in [-0.1, -0.05) is 24.4 Å². The van der Waals surface area contributed by atoms with Gasteiger partial charge in [-0.3, -0.25) is 14.9 Å². The van der Waals surface area contributed by atoms with E-state index in [-0.39, 0.29) is 11.8 Å². The number of hydrogen-bond donors (Lipinski definition) is 1. The van der Waals surface area contributed by atoms with Crippen molar-refractivity contribution in [3.05, 3.63) is 34.9 Å². The quantitative estimate of drug-likeness (QED) is 0.427. The molecule has 1 heterocycles. The summed E-state index contributed by atoms with van der Waals surface area (Å²) in [6.45, 7) is 1.74. The molecule has 1 N–H and O–H groups in total. The van der Waals surface area contributed by atoms with Crippen molar-refractivity contribution in [2.75, 3.05) is 0 Å². The first-order valence-corrected chi connectivity index (χ1v) is 4.51. The Morgan fingerprint density at radius 1 is 1.29 bits per heavy atom. The fraction of sp³-hybridized carbons (Fsp3) is 0.100. The minimum atomic E-state index is -0.357. The summed E-state index contributed by atoms with van der Waals surface area (Å²) in [6.07, 6.45) is 0. The van der Waals surface area contributed by atoms with Crippen LogP contribution in [0, 0.1) is 0 Å². The second-order valence-electron chi connectivity index (χ2n) is 3.07. The summed E-state index contributed by atoms with van der Waals surface area (Å²) in [5.74, 6) is -0.701. The summed E-state index contributed by atoms with van der Waals surface area (Å²) >= 11 is 5.00. The zero-order chi connectivity index (χ0) is 10.3. The van der Waals surface area contributed by atoms with E-state index in [1.807, 2.05) is 0 Å². The van der Waals surface area contributed by atoms with Crippen LogP contribution >= 0.6 is 12.2 Å². The Labute approximate surface area is 86.1 Å². The Morgan fingerprint density at radius 3 is 2.64 bits per heavy atom. The van der Waals surface area contributed by atoms with E-state index in [1.54, 1.807) is 25.1 Å².